The lowest BCUT2D eigenvalue weighted by Gasteiger charge is -2.23. The Morgan fingerprint density at radius 2 is 2.02 bits per heavy atom. The van der Waals surface area contributed by atoms with Crippen LogP contribution in [-0.2, 0) is 17.8 Å². The van der Waals surface area contributed by atoms with Crippen LogP contribution in [0.5, 0.6) is 5.75 Å². The van der Waals surface area contributed by atoms with Crippen LogP contribution < -0.4 is 10.1 Å². The van der Waals surface area contributed by atoms with Gasteiger partial charge in [0.25, 0.3) is 0 Å². The van der Waals surface area contributed by atoms with Crippen LogP contribution in [0.4, 0.5) is 15.9 Å². The summed E-state index contributed by atoms with van der Waals surface area (Å²) in [6.07, 6.45) is 5.05. The molecule has 3 heterocycles. The van der Waals surface area contributed by atoms with Crippen molar-refractivity contribution in [1.82, 2.24) is 14.9 Å². The molecule has 0 spiro atoms. The number of anilines is 2. The molecule has 0 aliphatic carbocycles. The zero-order valence-corrected chi connectivity index (χ0v) is 23.8. The van der Waals surface area contributed by atoms with Crippen LogP contribution in [0, 0.1) is 5.82 Å². The number of rotatable bonds is 10. The van der Waals surface area contributed by atoms with Crippen LogP contribution in [0.1, 0.15) is 24.0 Å². The van der Waals surface area contributed by atoms with E-state index in [1.807, 2.05) is 12.1 Å². The van der Waals surface area contributed by atoms with Gasteiger partial charge in [-0.2, -0.15) is 0 Å². The predicted molar refractivity (Wildman–Crippen MR) is 161 cm³/mol. The molecule has 2 aromatic heterocycles. The molecule has 206 valence electrons. The fourth-order valence-electron chi connectivity index (χ4n) is 5.37. The van der Waals surface area contributed by atoms with E-state index in [0.29, 0.717) is 16.8 Å². The zero-order valence-electron chi connectivity index (χ0n) is 22.2. The highest BCUT2D eigenvalue weighted by Crippen LogP contribution is 2.38. The molecule has 1 saturated heterocycles. The van der Waals surface area contributed by atoms with Crippen molar-refractivity contribution in [2.75, 3.05) is 32.1 Å². The fraction of sp³-hybridized carbons (Fsp3) is 0.290. The normalized spacial score (nSPS) is 15.7. The summed E-state index contributed by atoms with van der Waals surface area (Å²) >= 11 is 8.21. The minimum absolute atomic E-state index is 0.228. The first-order valence-corrected chi connectivity index (χ1v) is 14.6. The molecular formula is C31H30ClFN4O2S. The van der Waals surface area contributed by atoms with E-state index in [0.717, 1.165) is 58.8 Å². The molecule has 5 aromatic rings. The van der Waals surface area contributed by atoms with Gasteiger partial charge in [-0.1, -0.05) is 35.9 Å². The molecule has 40 heavy (non-hydrogen) atoms. The standard InChI is InChI=1S/C31H30ClFN4O2S/c1-38-18-24-6-3-12-37(24)13-11-20-7-9-25-28(15-20)40-31-29(25)30(34-19-35-31)36-23-8-10-27(26(32)16-23)39-17-21-4-2-5-22(33)14-21/h2,4-5,7-10,14-16,19,24H,3,6,11-13,17-18H2,1H3,(H,34,35,36). The van der Waals surface area contributed by atoms with Crippen molar-refractivity contribution >= 4 is 54.7 Å². The van der Waals surface area contributed by atoms with E-state index in [9.17, 15) is 4.39 Å². The number of hydrogen-bond donors (Lipinski definition) is 1. The summed E-state index contributed by atoms with van der Waals surface area (Å²) in [5, 5.41) is 6.00. The Labute approximate surface area is 241 Å². The number of benzene rings is 3. The number of methoxy groups -OCH3 is 1. The maximum atomic E-state index is 13.5. The van der Waals surface area contributed by atoms with Gasteiger partial charge in [-0.3, -0.25) is 4.90 Å². The van der Waals surface area contributed by atoms with Crippen molar-refractivity contribution in [3.05, 3.63) is 89.0 Å². The van der Waals surface area contributed by atoms with E-state index >= 15 is 0 Å². The number of likely N-dealkylation sites (tertiary alicyclic amines) is 1. The van der Waals surface area contributed by atoms with Gasteiger partial charge in [0, 0.05) is 35.5 Å². The molecule has 1 aliphatic heterocycles. The van der Waals surface area contributed by atoms with Crippen molar-refractivity contribution in [2.45, 2.75) is 31.9 Å². The molecule has 1 aliphatic rings. The van der Waals surface area contributed by atoms with E-state index in [4.69, 9.17) is 21.1 Å². The highest BCUT2D eigenvalue weighted by Gasteiger charge is 2.24. The summed E-state index contributed by atoms with van der Waals surface area (Å²) in [6, 6.07) is 19.0. The lowest BCUT2D eigenvalue weighted by atomic mass is 10.1. The van der Waals surface area contributed by atoms with Crippen LogP contribution in [-0.4, -0.2) is 47.7 Å². The maximum absolute atomic E-state index is 13.5. The fourth-order valence-corrected chi connectivity index (χ4v) is 6.71. The van der Waals surface area contributed by atoms with Crippen molar-refractivity contribution in [2.24, 2.45) is 0 Å². The Morgan fingerprint density at radius 1 is 1.10 bits per heavy atom. The first-order chi connectivity index (χ1) is 19.6. The van der Waals surface area contributed by atoms with E-state index in [1.54, 1.807) is 43.0 Å². The van der Waals surface area contributed by atoms with Crippen LogP contribution in [0.2, 0.25) is 5.02 Å². The molecule has 0 amide bonds. The summed E-state index contributed by atoms with van der Waals surface area (Å²) in [6.45, 7) is 3.22. The van der Waals surface area contributed by atoms with Gasteiger partial charge in [-0.15, -0.1) is 11.3 Å². The quantitative estimate of drug-likeness (QED) is 0.185. The molecular weight excluding hydrogens is 547 g/mol. The molecule has 1 unspecified atom stereocenters. The van der Waals surface area contributed by atoms with Gasteiger partial charge in [0.2, 0.25) is 0 Å². The van der Waals surface area contributed by atoms with Crippen LogP contribution >= 0.6 is 22.9 Å². The number of nitrogens with zero attached hydrogens (tertiary/aromatic N) is 3. The number of ether oxygens (including phenoxy) is 2. The Kier molecular flexibility index (Phi) is 8.11. The minimum Gasteiger partial charge on any atom is -0.487 e. The number of thiophene rings is 1. The van der Waals surface area contributed by atoms with Crippen LogP contribution in [0.25, 0.3) is 20.3 Å². The Morgan fingerprint density at radius 3 is 2.88 bits per heavy atom. The topological polar surface area (TPSA) is 59.5 Å². The lowest BCUT2D eigenvalue weighted by Crippen LogP contribution is -2.34. The second-order valence-corrected chi connectivity index (χ2v) is 11.5. The molecule has 1 fully saturated rings. The molecule has 1 N–H and O–H groups in total. The van der Waals surface area contributed by atoms with Crippen LogP contribution in [0.15, 0.2) is 67.0 Å². The molecule has 6 nitrogen and oxygen atoms in total. The number of nitrogens with one attached hydrogen (secondary N) is 1. The van der Waals surface area contributed by atoms with E-state index in [2.05, 4.69) is 38.4 Å². The Bertz CT molecular complexity index is 1650. The first kappa shape index (κ1) is 26.9. The van der Waals surface area contributed by atoms with E-state index in [-0.39, 0.29) is 12.4 Å². The smallest absolute Gasteiger partial charge is 0.143 e. The van der Waals surface area contributed by atoms with Crippen LogP contribution in [0.3, 0.4) is 0 Å². The third-order valence-corrected chi connectivity index (χ3v) is 8.71. The lowest BCUT2D eigenvalue weighted by molar-refractivity contribution is 0.116. The molecule has 6 rings (SSSR count). The number of fused-ring (bicyclic) bond motifs is 3. The largest absolute Gasteiger partial charge is 0.487 e. The highest BCUT2D eigenvalue weighted by molar-refractivity contribution is 7.25. The Hall–Kier alpha value is -3.30. The van der Waals surface area contributed by atoms with Gasteiger partial charge in [0.05, 0.1) is 17.0 Å². The van der Waals surface area contributed by atoms with E-state index in [1.165, 1.54) is 35.2 Å². The summed E-state index contributed by atoms with van der Waals surface area (Å²) in [7, 11) is 1.79. The van der Waals surface area contributed by atoms with Crippen molar-refractivity contribution < 1.29 is 13.9 Å². The third kappa shape index (κ3) is 5.90. The third-order valence-electron chi connectivity index (χ3n) is 7.36. The van der Waals surface area contributed by atoms with Gasteiger partial charge in [0.15, 0.2) is 0 Å². The average molecular weight is 577 g/mol. The van der Waals surface area contributed by atoms with Gasteiger partial charge >= 0.3 is 0 Å². The van der Waals surface area contributed by atoms with Crippen molar-refractivity contribution in [3.63, 3.8) is 0 Å². The monoisotopic (exact) mass is 576 g/mol. The highest BCUT2D eigenvalue weighted by atomic mass is 35.5. The second kappa shape index (κ2) is 12.1. The minimum atomic E-state index is -0.293. The summed E-state index contributed by atoms with van der Waals surface area (Å²) in [5.74, 6) is 0.964. The summed E-state index contributed by atoms with van der Waals surface area (Å²) < 4.78 is 25.9. The molecule has 0 saturated carbocycles. The molecule has 1 atom stereocenters. The van der Waals surface area contributed by atoms with E-state index < -0.39 is 0 Å². The van der Waals surface area contributed by atoms with Gasteiger partial charge in [-0.05, 0) is 73.3 Å². The van der Waals surface area contributed by atoms with Gasteiger partial charge in [-0.25, -0.2) is 14.4 Å². The predicted octanol–water partition coefficient (Wildman–Crippen LogP) is 7.61. The first-order valence-electron chi connectivity index (χ1n) is 13.4. The SMILES string of the molecule is COCC1CCCN1CCc1ccc2c(c1)sc1ncnc(Nc3ccc(OCc4cccc(F)c4)c(Cl)c3)c12. The second-order valence-electron chi connectivity index (χ2n) is 10.1. The van der Waals surface area contributed by atoms with Gasteiger partial charge in [0.1, 0.15) is 35.1 Å². The van der Waals surface area contributed by atoms with Crippen molar-refractivity contribution in [1.29, 1.82) is 0 Å². The number of hydrogen-bond acceptors (Lipinski definition) is 7. The summed E-state index contributed by atoms with van der Waals surface area (Å²) in [5.41, 5.74) is 2.85. The summed E-state index contributed by atoms with van der Waals surface area (Å²) in [4.78, 5) is 12.6. The number of aromatic nitrogens is 2. The Balaban J connectivity index is 1.18. The van der Waals surface area contributed by atoms with Gasteiger partial charge < -0.3 is 14.8 Å². The molecule has 3 aromatic carbocycles. The zero-order chi connectivity index (χ0) is 27.5. The maximum Gasteiger partial charge on any atom is 0.143 e. The molecule has 0 radical (unpaired) electrons. The van der Waals surface area contributed by atoms with Crippen molar-refractivity contribution in [3.8, 4) is 5.75 Å². The number of halogens is 2. The molecule has 0 bridgehead atoms. The average Bonchev–Trinajstić information content (AvgIpc) is 3.56. The molecule has 9 heteroatoms.